The second-order valence-corrected chi connectivity index (χ2v) is 3.16. The zero-order valence-corrected chi connectivity index (χ0v) is 8.58. The zero-order valence-electron chi connectivity index (χ0n) is 8.58. The third-order valence-electron chi connectivity index (χ3n) is 1.99. The van der Waals surface area contributed by atoms with E-state index in [1.165, 1.54) is 12.3 Å². The van der Waals surface area contributed by atoms with E-state index < -0.39 is 9.85 Å². The number of furan rings is 1. The van der Waals surface area contributed by atoms with Crippen LogP contribution >= 0.6 is 0 Å². The van der Waals surface area contributed by atoms with Crippen LogP contribution in [0.3, 0.4) is 0 Å². The molecule has 1 aromatic heterocycles. The third-order valence-corrected chi connectivity index (χ3v) is 1.99. The number of nitro groups is 2. The van der Waals surface area contributed by atoms with Crippen molar-refractivity contribution in [3.63, 3.8) is 0 Å². The standard InChI is InChI=1S/C9H10N2O5/c1-7-6-16-9(3-5-11(14)15)8(7)2-4-10(12)13/h2,4,6H,3,5H2,1H3. The molecular weight excluding hydrogens is 216 g/mol. The van der Waals surface area contributed by atoms with Gasteiger partial charge in [-0.3, -0.25) is 20.2 Å². The lowest BCUT2D eigenvalue weighted by Gasteiger charge is -1.94. The van der Waals surface area contributed by atoms with E-state index in [2.05, 4.69) is 0 Å². The molecule has 0 aromatic carbocycles. The van der Waals surface area contributed by atoms with Crippen molar-refractivity contribution in [2.45, 2.75) is 13.3 Å². The minimum atomic E-state index is -0.594. The number of aryl methyl sites for hydroxylation is 1. The van der Waals surface area contributed by atoms with Crippen LogP contribution in [0, 0.1) is 27.2 Å². The first kappa shape index (κ1) is 11.9. The Hall–Kier alpha value is -2.18. The molecule has 0 saturated carbocycles. The summed E-state index contributed by atoms with van der Waals surface area (Å²) in [6, 6.07) is 0. The fraction of sp³-hybridized carbons (Fsp3) is 0.333. The largest absolute Gasteiger partial charge is 0.468 e. The maximum Gasteiger partial charge on any atom is 0.235 e. The van der Waals surface area contributed by atoms with E-state index in [0.717, 1.165) is 11.8 Å². The average molecular weight is 226 g/mol. The van der Waals surface area contributed by atoms with Gasteiger partial charge in [0.1, 0.15) is 5.76 Å². The topological polar surface area (TPSA) is 99.4 Å². The molecule has 0 atom stereocenters. The van der Waals surface area contributed by atoms with Crippen LogP contribution in [0.4, 0.5) is 0 Å². The van der Waals surface area contributed by atoms with Gasteiger partial charge in [0.25, 0.3) is 0 Å². The first-order chi connectivity index (χ1) is 7.50. The Bertz CT molecular complexity index is 435. The summed E-state index contributed by atoms with van der Waals surface area (Å²) in [6.45, 7) is 1.46. The molecule has 86 valence electrons. The lowest BCUT2D eigenvalue weighted by molar-refractivity contribution is -0.479. The maximum absolute atomic E-state index is 10.2. The van der Waals surface area contributed by atoms with Gasteiger partial charge in [0.2, 0.25) is 12.7 Å². The van der Waals surface area contributed by atoms with Crippen molar-refractivity contribution in [1.82, 2.24) is 0 Å². The van der Waals surface area contributed by atoms with Crippen molar-refractivity contribution < 1.29 is 14.3 Å². The SMILES string of the molecule is Cc1coc(CC[N+](=O)[O-])c1C=C[N+](=O)[O-]. The van der Waals surface area contributed by atoms with Crippen molar-refractivity contribution in [2.75, 3.05) is 6.54 Å². The molecule has 0 aliphatic heterocycles. The van der Waals surface area contributed by atoms with Gasteiger partial charge in [0.15, 0.2) is 0 Å². The Morgan fingerprint density at radius 2 is 2.12 bits per heavy atom. The lowest BCUT2D eigenvalue weighted by atomic mass is 10.1. The van der Waals surface area contributed by atoms with E-state index in [1.807, 2.05) is 0 Å². The van der Waals surface area contributed by atoms with E-state index in [1.54, 1.807) is 6.92 Å². The highest BCUT2D eigenvalue weighted by atomic mass is 16.6. The van der Waals surface area contributed by atoms with Crippen molar-refractivity contribution >= 4 is 6.08 Å². The summed E-state index contributed by atoms with van der Waals surface area (Å²) < 4.78 is 5.10. The number of hydrogen-bond donors (Lipinski definition) is 0. The summed E-state index contributed by atoms with van der Waals surface area (Å²) in [5, 5.41) is 20.4. The highest BCUT2D eigenvalue weighted by Gasteiger charge is 2.11. The Balaban J connectivity index is 2.85. The molecule has 0 spiro atoms. The molecule has 16 heavy (non-hydrogen) atoms. The Morgan fingerprint density at radius 3 is 2.69 bits per heavy atom. The molecule has 0 radical (unpaired) electrons. The molecule has 1 aromatic rings. The van der Waals surface area contributed by atoms with E-state index >= 15 is 0 Å². The number of nitrogens with zero attached hydrogens (tertiary/aromatic N) is 2. The van der Waals surface area contributed by atoms with Crippen molar-refractivity contribution in [1.29, 1.82) is 0 Å². The Morgan fingerprint density at radius 1 is 1.44 bits per heavy atom. The van der Waals surface area contributed by atoms with Crippen LogP contribution in [0.2, 0.25) is 0 Å². The van der Waals surface area contributed by atoms with Gasteiger partial charge < -0.3 is 4.42 Å². The lowest BCUT2D eigenvalue weighted by Crippen LogP contribution is -2.04. The van der Waals surface area contributed by atoms with Crippen molar-refractivity contribution in [3.05, 3.63) is 49.6 Å². The molecule has 0 aliphatic rings. The summed E-state index contributed by atoms with van der Waals surface area (Å²) in [5.74, 6) is 0.396. The summed E-state index contributed by atoms with van der Waals surface area (Å²) in [7, 11) is 0. The van der Waals surface area contributed by atoms with Gasteiger partial charge in [0, 0.05) is 16.6 Å². The van der Waals surface area contributed by atoms with Crippen LogP contribution in [0.25, 0.3) is 6.08 Å². The normalized spacial score (nSPS) is 10.8. The molecule has 1 rings (SSSR count). The van der Waals surface area contributed by atoms with Crippen LogP contribution < -0.4 is 0 Å². The molecule has 1 heterocycles. The van der Waals surface area contributed by atoms with E-state index in [-0.39, 0.29) is 13.0 Å². The number of hydrogen-bond acceptors (Lipinski definition) is 5. The van der Waals surface area contributed by atoms with E-state index in [4.69, 9.17) is 4.42 Å². The molecule has 0 amide bonds. The predicted molar refractivity (Wildman–Crippen MR) is 55.0 cm³/mol. The van der Waals surface area contributed by atoms with E-state index in [9.17, 15) is 20.2 Å². The van der Waals surface area contributed by atoms with Crippen LogP contribution in [0.5, 0.6) is 0 Å². The summed E-state index contributed by atoms with van der Waals surface area (Å²) in [5.41, 5.74) is 1.26. The van der Waals surface area contributed by atoms with Crippen LogP contribution in [0.15, 0.2) is 16.9 Å². The van der Waals surface area contributed by atoms with Gasteiger partial charge in [-0.15, -0.1) is 0 Å². The second kappa shape index (κ2) is 5.06. The quantitative estimate of drug-likeness (QED) is 0.561. The second-order valence-electron chi connectivity index (χ2n) is 3.16. The fourth-order valence-corrected chi connectivity index (χ4v) is 1.25. The average Bonchev–Trinajstić information content (AvgIpc) is 2.53. The smallest absolute Gasteiger partial charge is 0.235 e. The Labute approximate surface area is 90.7 Å². The number of rotatable bonds is 5. The van der Waals surface area contributed by atoms with Gasteiger partial charge in [-0.2, -0.15) is 0 Å². The molecular formula is C9H10N2O5. The zero-order chi connectivity index (χ0) is 12.1. The van der Waals surface area contributed by atoms with Gasteiger partial charge in [-0.05, 0) is 12.5 Å². The predicted octanol–water partition coefficient (Wildman–Crippen LogP) is 1.65. The van der Waals surface area contributed by atoms with Gasteiger partial charge in [-0.25, -0.2) is 0 Å². The third kappa shape index (κ3) is 3.19. The molecule has 0 fully saturated rings. The van der Waals surface area contributed by atoms with Crippen LogP contribution in [-0.2, 0) is 6.42 Å². The fourth-order valence-electron chi connectivity index (χ4n) is 1.25. The van der Waals surface area contributed by atoms with E-state index in [0.29, 0.717) is 11.3 Å². The maximum atomic E-state index is 10.2. The highest BCUT2D eigenvalue weighted by Crippen LogP contribution is 2.18. The summed E-state index contributed by atoms with van der Waals surface area (Å²) >= 11 is 0. The molecule has 7 nitrogen and oxygen atoms in total. The monoisotopic (exact) mass is 226 g/mol. The summed E-state index contributed by atoms with van der Waals surface area (Å²) in [6.07, 6.45) is 3.62. The minimum absolute atomic E-state index is 0.123. The molecule has 0 bridgehead atoms. The first-order valence-electron chi connectivity index (χ1n) is 4.51. The van der Waals surface area contributed by atoms with Gasteiger partial charge in [-0.1, -0.05) is 0 Å². The van der Waals surface area contributed by atoms with Crippen molar-refractivity contribution in [2.24, 2.45) is 0 Å². The minimum Gasteiger partial charge on any atom is -0.468 e. The highest BCUT2D eigenvalue weighted by molar-refractivity contribution is 5.54. The van der Waals surface area contributed by atoms with Gasteiger partial charge >= 0.3 is 0 Å². The van der Waals surface area contributed by atoms with Crippen LogP contribution in [0.1, 0.15) is 16.9 Å². The summed E-state index contributed by atoms with van der Waals surface area (Å²) in [4.78, 5) is 19.3. The Kier molecular flexibility index (Phi) is 3.76. The van der Waals surface area contributed by atoms with Crippen molar-refractivity contribution in [3.8, 4) is 0 Å². The van der Waals surface area contributed by atoms with Crippen LogP contribution in [-0.4, -0.2) is 16.4 Å². The first-order valence-corrected chi connectivity index (χ1v) is 4.51. The molecule has 0 unspecified atom stereocenters. The molecule has 0 saturated heterocycles. The molecule has 0 aliphatic carbocycles. The molecule has 7 heteroatoms. The molecule has 0 N–H and O–H groups in total. The van der Waals surface area contributed by atoms with Gasteiger partial charge in [0.05, 0.1) is 17.6 Å².